The van der Waals surface area contributed by atoms with Gasteiger partial charge < -0.3 is 14.5 Å². The van der Waals surface area contributed by atoms with Crippen LogP contribution >= 0.6 is 0 Å². The van der Waals surface area contributed by atoms with E-state index in [4.69, 9.17) is 4.74 Å². The van der Waals surface area contributed by atoms with E-state index in [0.717, 1.165) is 5.69 Å². The normalized spacial score (nSPS) is 14.1. The van der Waals surface area contributed by atoms with Gasteiger partial charge in [0.1, 0.15) is 23.7 Å². The third-order valence-electron chi connectivity index (χ3n) is 5.14. The number of benzene rings is 2. The smallest absolute Gasteiger partial charge is 0.263 e. The first-order chi connectivity index (χ1) is 15.9. The summed E-state index contributed by atoms with van der Waals surface area (Å²) in [6.07, 6.45) is 2.72. The van der Waals surface area contributed by atoms with E-state index < -0.39 is 10.0 Å². The average molecular weight is 474 g/mol. The van der Waals surface area contributed by atoms with Crippen molar-refractivity contribution in [1.82, 2.24) is 14.9 Å². The number of aromatic nitrogens is 2. The van der Waals surface area contributed by atoms with Gasteiger partial charge in [0.25, 0.3) is 15.9 Å². The van der Waals surface area contributed by atoms with Crippen LogP contribution in [0.1, 0.15) is 1.43 Å². The molecule has 0 radical (unpaired) electrons. The van der Waals surface area contributed by atoms with Crippen LogP contribution in [0, 0.1) is 5.82 Å². The Balaban J connectivity index is 0.00000324. The third kappa shape index (κ3) is 5.75. The van der Waals surface area contributed by atoms with E-state index in [1.165, 1.54) is 55.0 Å². The second-order valence-electron chi connectivity index (χ2n) is 7.30. The molecule has 2 aromatic carbocycles. The highest BCUT2D eigenvalue weighted by molar-refractivity contribution is 7.92. The number of sulfonamides is 1. The van der Waals surface area contributed by atoms with Crippen molar-refractivity contribution in [3.8, 4) is 5.75 Å². The average Bonchev–Trinajstić information content (AvgIpc) is 2.84. The number of piperazine rings is 1. The molecule has 0 atom stereocenters. The van der Waals surface area contributed by atoms with Gasteiger partial charge in [0.05, 0.1) is 4.90 Å². The lowest BCUT2D eigenvalue weighted by atomic mass is 10.2. The van der Waals surface area contributed by atoms with Crippen molar-refractivity contribution in [2.24, 2.45) is 0 Å². The monoisotopic (exact) mass is 473 g/mol. The number of carbonyl (C=O) groups excluding carboxylic acids is 1. The Hall–Kier alpha value is -3.73. The number of halogens is 1. The van der Waals surface area contributed by atoms with Gasteiger partial charge in [0.2, 0.25) is 0 Å². The minimum absolute atomic E-state index is 0. The summed E-state index contributed by atoms with van der Waals surface area (Å²) in [4.78, 5) is 24.0. The molecule has 0 spiro atoms. The molecule has 3 aromatic rings. The number of amides is 1. The van der Waals surface area contributed by atoms with Crippen LogP contribution in [0.25, 0.3) is 0 Å². The molecule has 0 saturated carbocycles. The molecular formula is C22H24FN5O4S. The second kappa shape index (κ2) is 9.82. The van der Waals surface area contributed by atoms with E-state index in [1.807, 2.05) is 0 Å². The zero-order chi connectivity index (χ0) is 23.3. The maximum Gasteiger partial charge on any atom is 0.263 e. The van der Waals surface area contributed by atoms with E-state index in [2.05, 4.69) is 19.6 Å². The molecular weight excluding hydrogens is 449 g/mol. The quantitative estimate of drug-likeness (QED) is 0.562. The van der Waals surface area contributed by atoms with Crippen LogP contribution < -0.4 is 14.4 Å². The van der Waals surface area contributed by atoms with Gasteiger partial charge in [-0.05, 0) is 54.6 Å². The number of nitrogens with zero attached hydrogens (tertiary/aromatic N) is 4. The van der Waals surface area contributed by atoms with Crippen LogP contribution in [-0.2, 0) is 14.8 Å². The van der Waals surface area contributed by atoms with Crippen molar-refractivity contribution in [3.05, 3.63) is 72.9 Å². The fourth-order valence-corrected chi connectivity index (χ4v) is 4.37. The number of rotatable bonds is 7. The molecule has 1 aliphatic rings. The van der Waals surface area contributed by atoms with Crippen molar-refractivity contribution < 1.29 is 23.8 Å². The predicted octanol–water partition coefficient (Wildman–Crippen LogP) is 2.39. The molecule has 1 amide bonds. The number of ether oxygens (including phenoxy) is 1. The van der Waals surface area contributed by atoms with Crippen LogP contribution in [0.4, 0.5) is 15.9 Å². The van der Waals surface area contributed by atoms with Gasteiger partial charge in [-0.3, -0.25) is 9.52 Å². The summed E-state index contributed by atoms with van der Waals surface area (Å²) < 4.78 is 45.8. The molecule has 0 bridgehead atoms. The Kier molecular flexibility index (Phi) is 6.68. The van der Waals surface area contributed by atoms with Crippen LogP contribution in [0.15, 0.2) is 72.0 Å². The summed E-state index contributed by atoms with van der Waals surface area (Å²) in [7, 11) is -3.76. The molecule has 1 aromatic heterocycles. The Labute approximate surface area is 192 Å². The zero-order valence-corrected chi connectivity index (χ0v) is 18.4. The highest BCUT2D eigenvalue weighted by Crippen LogP contribution is 2.21. The maximum absolute atomic E-state index is 12.9. The number of hydrogen-bond acceptors (Lipinski definition) is 7. The number of anilines is 2. The fourth-order valence-electron chi connectivity index (χ4n) is 3.36. The number of hydrogen-bond donors (Lipinski definition) is 1. The minimum atomic E-state index is -3.76. The van der Waals surface area contributed by atoms with Crippen molar-refractivity contribution in [1.29, 1.82) is 0 Å². The molecule has 9 nitrogen and oxygen atoms in total. The van der Waals surface area contributed by atoms with E-state index in [9.17, 15) is 17.6 Å². The first-order valence-electron chi connectivity index (χ1n) is 10.2. The molecule has 1 aliphatic heterocycles. The molecule has 1 N–H and O–H groups in total. The Bertz CT molecular complexity index is 1190. The highest BCUT2D eigenvalue weighted by atomic mass is 32.2. The summed E-state index contributed by atoms with van der Waals surface area (Å²) in [5.74, 6) is 0.125. The Morgan fingerprint density at radius 3 is 2.36 bits per heavy atom. The lowest BCUT2D eigenvalue weighted by Gasteiger charge is -2.36. The van der Waals surface area contributed by atoms with Crippen molar-refractivity contribution in [2.45, 2.75) is 4.90 Å². The predicted molar refractivity (Wildman–Crippen MR) is 122 cm³/mol. The van der Waals surface area contributed by atoms with Gasteiger partial charge in [-0.1, -0.05) is 0 Å². The van der Waals surface area contributed by atoms with E-state index in [-0.39, 0.29) is 30.5 Å². The summed E-state index contributed by atoms with van der Waals surface area (Å²) in [6, 6.07) is 13.5. The molecule has 0 aliphatic carbocycles. The molecule has 33 heavy (non-hydrogen) atoms. The molecule has 2 heterocycles. The standard InChI is InChI=1S/C22H22FN5O4S.H2/c23-17-1-5-19(6-2-17)32-15-22(29)28-13-11-27(12-14-28)18-3-7-20(8-4-18)33(30,31)26-21-9-10-24-16-25-21;/h1-10,16H,11-15H2,(H,24,25,26);1H. The summed E-state index contributed by atoms with van der Waals surface area (Å²) in [6.45, 7) is 2.13. The Morgan fingerprint density at radius 1 is 1.03 bits per heavy atom. The topological polar surface area (TPSA) is 105 Å². The highest BCUT2D eigenvalue weighted by Gasteiger charge is 2.22. The summed E-state index contributed by atoms with van der Waals surface area (Å²) in [5.41, 5.74) is 0.866. The molecule has 174 valence electrons. The SMILES string of the molecule is O=C(COc1ccc(F)cc1)N1CCN(c2ccc(S(=O)(=O)Nc3ccncn3)cc2)CC1.[HH]. The van der Waals surface area contributed by atoms with Crippen molar-refractivity contribution in [3.63, 3.8) is 0 Å². The number of nitrogens with one attached hydrogen (secondary N) is 1. The molecule has 1 fully saturated rings. The van der Waals surface area contributed by atoms with Crippen LogP contribution in [0.2, 0.25) is 0 Å². The first kappa shape index (κ1) is 22.5. The van der Waals surface area contributed by atoms with Gasteiger partial charge in [-0.25, -0.2) is 22.8 Å². The van der Waals surface area contributed by atoms with Gasteiger partial charge in [-0.15, -0.1) is 0 Å². The maximum atomic E-state index is 12.9. The minimum Gasteiger partial charge on any atom is -0.484 e. The van der Waals surface area contributed by atoms with Gasteiger partial charge in [0, 0.05) is 39.5 Å². The molecule has 4 rings (SSSR count). The lowest BCUT2D eigenvalue weighted by Crippen LogP contribution is -2.50. The summed E-state index contributed by atoms with van der Waals surface area (Å²) in [5, 5.41) is 0. The largest absolute Gasteiger partial charge is 0.484 e. The third-order valence-corrected chi connectivity index (χ3v) is 6.51. The lowest BCUT2D eigenvalue weighted by molar-refractivity contribution is -0.133. The zero-order valence-electron chi connectivity index (χ0n) is 17.6. The van der Waals surface area contributed by atoms with Crippen molar-refractivity contribution >= 4 is 27.4 Å². The Morgan fingerprint density at radius 2 is 1.73 bits per heavy atom. The molecule has 1 saturated heterocycles. The molecule has 11 heteroatoms. The van der Waals surface area contributed by atoms with Gasteiger partial charge in [0.15, 0.2) is 6.61 Å². The summed E-state index contributed by atoms with van der Waals surface area (Å²) >= 11 is 0. The van der Waals surface area contributed by atoms with Crippen LogP contribution in [0.5, 0.6) is 5.75 Å². The molecule has 0 unspecified atom stereocenters. The fraction of sp³-hybridized carbons (Fsp3) is 0.227. The van der Waals surface area contributed by atoms with Gasteiger partial charge >= 0.3 is 0 Å². The van der Waals surface area contributed by atoms with E-state index in [1.54, 1.807) is 17.0 Å². The van der Waals surface area contributed by atoms with Crippen LogP contribution in [0.3, 0.4) is 0 Å². The second-order valence-corrected chi connectivity index (χ2v) is 8.99. The number of carbonyl (C=O) groups is 1. The van der Waals surface area contributed by atoms with Gasteiger partial charge in [-0.2, -0.15) is 0 Å². The van der Waals surface area contributed by atoms with E-state index >= 15 is 0 Å². The van der Waals surface area contributed by atoms with E-state index in [0.29, 0.717) is 31.9 Å². The van der Waals surface area contributed by atoms with Crippen molar-refractivity contribution in [2.75, 3.05) is 42.4 Å². The first-order valence-corrected chi connectivity index (χ1v) is 11.7. The van der Waals surface area contributed by atoms with Crippen LogP contribution in [-0.4, -0.2) is 62.0 Å².